The molecule has 1 aliphatic carbocycles. The summed E-state index contributed by atoms with van der Waals surface area (Å²) in [5.41, 5.74) is 4.13. The van der Waals surface area contributed by atoms with Gasteiger partial charge in [-0.1, -0.05) is 0 Å². The number of esters is 2. The Morgan fingerprint density at radius 1 is 1.06 bits per heavy atom. The van der Waals surface area contributed by atoms with Crippen molar-refractivity contribution in [2.24, 2.45) is 0 Å². The Bertz CT molecular complexity index is 696. The van der Waals surface area contributed by atoms with E-state index >= 15 is 0 Å². The fourth-order valence-electron chi connectivity index (χ4n) is 3.03. The Morgan fingerprint density at radius 3 is 2.71 bits per heavy atom. The molecule has 1 aliphatic heterocycles. The summed E-state index contributed by atoms with van der Waals surface area (Å²) in [6, 6.07) is 1.84. The van der Waals surface area contributed by atoms with Crippen LogP contribution in [0.15, 0.2) is 12.3 Å². The molecule has 0 spiro atoms. The van der Waals surface area contributed by atoms with Gasteiger partial charge in [-0.25, -0.2) is 9.59 Å². The van der Waals surface area contributed by atoms with Crippen LogP contribution in [0.2, 0.25) is 0 Å². The van der Waals surface area contributed by atoms with Crippen LogP contribution in [-0.4, -0.2) is 16.9 Å². The molecule has 84 valence electrons. The maximum atomic E-state index is 11.7. The Morgan fingerprint density at radius 2 is 1.82 bits per heavy atom. The Balaban J connectivity index is 2.27. The van der Waals surface area contributed by atoms with Crippen molar-refractivity contribution >= 4 is 22.8 Å². The number of carbonyl (C=O) groups excluding carboxylic acids is 2. The van der Waals surface area contributed by atoms with E-state index in [9.17, 15) is 9.59 Å². The summed E-state index contributed by atoms with van der Waals surface area (Å²) in [6.45, 7) is 0. The quantitative estimate of drug-likeness (QED) is 0.553. The minimum atomic E-state index is -0.510. The van der Waals surface area contributed by atoms with Gasteiger partial charge in [-0.05, 0) is 36.5 Å². The van der Waals surface area contributed by atoms with Crippen LogP contribution in [0.1, 0.15) is 38.3 Å². The second-order valence-electron chi connectivity index (χ2n) is 4.50. The van der Waals surface area contributed by atoms with Gasteiger partial charge in [-0.15, -0.1) is 0 Å². The summed E-state index contributed by atoms with van der Waals surface area (Å²) < 4.78 is 4.74. The average molecular weight is 227 g/mol. The maximum absolute atomic E-state index is 11.7. The maximum Gasteiger partial charge on any atom is 0.347 e. The number of benzene rings is 1. The molecule has 0 radical (unpaired) electrons. The van der Waals surface area contributed by atoms with E-state index < -0.39 is 11.9 Å². The lowest BCUT2D eigenvalue weighted by Crippen LogP contribution is -2.00. The highest BCUT2D eigenvalue weighted by atomic mass is 16.6. The molecule has 0 fully saturated rings. The van der Waals surface area contributed by atoms with E-state index in [1.54, 1.807) is 6.20 Å². The zero-order chi connectivity index (χ0) is 11.6. The number of carbonyl (C=O) groups is 2. The Kier molecular flexibility index (Phi) is 1.46. The summed E-state index contributed by atoms with van der Waals surface area (Å²) in [5, 5.41) is 0.816. The highest BCUT2D eigenvalue weighted by Crippen LogP contribution is 2.38. The molecular formula is C13H9NO3. The van der Waals surface area contributed by atoms with Gasteiger partial charge in [0.2, 0.25) is 0 Å². The smallest absolute Gasteiger partial charge is 0.347 e. The van der Waals surface area contributed by atoms with Crippen molar-refractivity contribution in [3.05, 3.63) is 34.5 Å². The van der Waals surface area contributed by atoms with E-state index in [-0.39, 0.29) is 0 Å². The first-order valence-electron chi connectivity index (χ1n) is 5.68. The molecule has 0 unspecified atom stereocenters. The normalized spacial score (nSPS) is 17.4. The zero-order valence-corrected chi connectivity index (χ0v) is 9.00. The molecule has 1 aromatic heterocycles. The molecule has 0 bridgehead atoms. The molecule has 2 aromatic rings. The number of H-pyrrole nitrogens is 1. The number of nitrogens with one attached hydrogen (secondary N) is 1. The largest absolute Gasteiger partial charge is 0.386 e. The van der Waals surface area contributed by atoms with Crippen molar-refractivity contribution in [2.45, 2.75) is 19.3 Å². The lowest BCUT2D eigenvalue weighted by molar-refractivity contribution is 0.0444. The molecule has 0 amide bonds. The number of hydrogen-bond acceptors (Lipinski definition) is 3. The van der Waals surface area contributed by atoms with Crippen LogP contribution in [0.3, 0.4) is 0 Å². The lowest BCUT2D eigenvalue weighted by Gasteiger charge is -2.05. The predicted molar refractivity (Wildman–Crippen MR) is 60.1 cm³/mol. The number of cyclic esters (lactones) is 2. The predicted octanol–water partition coefficient (Wildman–Crippen LogP) is 1.97. The van der Waals surface area contributed by atoms with Gasteiger partial charge in [0.15, 0.2) is 0 Å². The Hall–Kier alpha value is -2.10. The number of aryl methyl sites for hydroxylation is 1. The first kappa shape index (κ1) is 8.98. The molecule has 1 N–H and O–H groups in total. The molecule has 4 rings (SSSR count). The van der Waals surface area contributed by atoms with Gasteiger partial charge in [-0.2, -0.15) is 0 Å². The standard InChI is InChI=1S/C13H9NO3/c15-12-9-6-2-1-3-7(6)11-8(4-5-14-11)10(9)13(16)17-12/h4-5,14H,1-3H2. The van der Waals surface area contributed by atoms with Crippen LogP contribution >= 0.6 is 0 Å². The highest BCUT2D eigenvalue weighted by Gasteiger charge is 2.37. The summed E-state index contributed by atoms with van der Waals surface area (Å²) in [7, 11) is 0. The third kappa shape index (κ3) is 0.934. The third-order valence-corrected chi connectivity index (χ3v) is 3.68. The van der Waals surface area contributed by atoms with Crippen LogP contribution in [0.25, 0.3) is 10.9 Å². The molecule has 2 heterocycles. The van der Waals surface area contributed by atoms with Crippen LogP contribution in [-0.2, 0) is 17.6 Å². The number of aromatic amines is 1. The second kappa shape index (κ2) is 2.77. The van der Waals surface area contributed by atoms with Crippen LogP contribution in [0.5, 0.6) is 0 Å². The lowest BCUT2D eigenvalue weighted by atomic mass is 9.95. The van der Waals surface area contributed by atoms with E-state index in [0.29, 0.717) is 11.1 Å². The van der Waals surface area contributed by atoms with Gasteiger partial charge in [0, 0.05) is 17.1 Å². The third-order valence-electron chi connectivity index (χ3n) is 3.68. The van der Waals surface area contributed by atoms with Crippen LogP contribution < -0.4 is 0 Å². The number of hydrogen-bond donors (Lipinski definition) is 1. The molecule has 0 saturated heterocycles. The average Bonchev–Trinajstić information content (AvgIpc) is 2.96. The van der Waals surface area contributed by atoms with Gasteiger partial charge in [0.1, 0.15) is 0 Å². The summed E-state index contributed by atoms with van der Waals surface area (Å²) in [5.74, 6) is -0.990. The molecule has 0 saturated carbocycles. The number of rotatable bonds is 0. The first-order valence-corrected chi connectivity index (χ1v) is 5.68. The number of fused-ring (bicyclic) bond motifs is 6. The topological polar surface area (TPSA) is 59.2 Å². The van der Waals surface area contributed by atoms with E-state index in [2.05, 4.69) is 4.98 Å². The summed E-state index contributed by atoms with van der Waals surface area (Å²) >= 11 is 0. The van der Waals surface area contributed by atoms with Crippen molar-refractivity contribution < 1.29 is 14.3 Å². The van der Waals surface area contributed by atoms with E-state index in [4.69, 9.17) is 4.74 Å². The highest BCUT2D eigenvalue weighted by molar-refractivity contribution is 6.22. The van der Waals surface area contributed by atoms with E-state index in [1.807, 2.05) is 6.07 Å². The van der Waals surface area contributed by atoms with Gasteiger partial charge in [0.25, 0.3) is 0 Å². The van der Waals surface area contributed by atoms with E-state index in [1.165, 1.54) is 5.56 Å². The van der Waals surface area contributed by atoms with E-state index in [0.717, 1.165) is 35.7 Å². The monoisotopic (exact) mass is 227 g/mol. The Labute approximate surface area is 96.6 Å². The molecule has 2 aliphatic rings. The van der Waals surface area contributed by atoms with Crippen molar-refractivity contribution in [2.75, 3.05) is 0 Å². The summed E-state index contributed by atoms with van der Waals surface area (Å²) in [6.07, 6.45) is 4.65. The first-order chi connectivity index (χ1) is 8.27. The molecule has 0 atom stereocenters. The molecule has 4 nitrogen and oxygen atoms in total. The van der Waals surface area contributed by atoms with Crippen molar-refractivity contribution in [3.8, 4) is 0 Å². The van der Waals surface area contributed by atoms with Crippen LogP contribution in [0, 0.1) is 0 Å². The minimum absolute atomic E-state index is 0.451. The van der Waals surface area contributed by atoms with Crippen molar-refractivity contribution in [1.29, 1.82) is 0 Å². The van der Waals surface area contributed by atoms with Gasteiger partial charge >= 0.3 is 11.9 Å². The van der Waals surface area contributed by atoms with Gasteiger partial charge < -0.3 is 9.72 Å². The van der Waals surface area contributed by atoms with Gasteiger partial charge in [0.05, 0.1) is 11.1 Å². The molecule has 17 heavy (non-hydrogen) atoms. The molecular weight excluding hydrogens is 218 g/mol. The fraction of sp³-hybridized carbons (Fsp3) is 0.231. The SMILES string of the molecule is O=C1OC(=O)c2c1c1c(c3[nH]ccc23)CCC1. The van der Waals surface area contributed by atoms with Crippen molar-refractivity contribution in [3.63, 3.8) is 0 Å². The van der Waals surface area contributed by atoms with Gasteiger partial charge in [-0.3, -0.25) is 0 Å². The zero-order valence-electron chi connectivity index (χ0n) is 9.00. The summed E-state index contributed by atoms with van der Waals surface area (Å²) in [4.78, 5) is 26.6. The number of aromatic nitrogens is 1. The molecule has 1 aromatic carbocycles. The minimum Gasteiger partial charge on any atom is -0.386 e. The van der Waals surface area contributed by atoms with Crippen molar-refractivity contribution in [1.82, 2.24) is 4.98 Å². The molecule has 4 heteroatoms. The second-order valence-corrected chi connectivity index (χ2v) is 4.50. The fourth-order valence-corrected chi connectivity index (χ4v) is 3.03. The van der Waals surface area contributed by atoms with Crippen LogP contribution in [0.4, 0.5) is 0 Å². The number of ether oxygens (including phenoxy) is 1.